The lowest BCUT2D eigenvalue weighted by atomic mass is 9.86. The molecule has 7 heteroatoms. The van der Waals surface area contributed by atoms with Crippen LogP contribution >= 0.6 is 0 Å². The Kier molecular flexibility index (Phi) is 8.17. The van der Waals surface area contributed by atoms with Crippen molar-refractivity contribution in [3.63, 3.8) is 0 Å². The van der Waals surface area contributed by atoms with E-state index < -0.39 is 26.1 Å². The molecule has 0 aliphatic carbocycles. The summed E-state index contributed by atoms with van der Waals surface area (Å²) in [4.78, 5) is 0. The molecule has 2 heterocycles. The summed E-state index contributed by atoms with van der Waals surface area (Å²) in [5.74, 6) is 0. The molecule has 2 aromatic carbocycles. The zero-order valence-electron chi connectivity index (χ0n) is 21.1. The minimum absolute atomic E-state index is 0.0646. The number of hydrogen-bond acceptors (Lipinski definition) is 6. The molecule has 4 rings (SSSR count). The SMILES string of the molecule is CC(C)(C)[Si](OCC[C@H]1CC[C@@H]2O[C@@H]([C@H](O)CO)C[C@]2(CO)O1)(c1ccccc1)c1ccccc1. The van der Waals surface area contributed by atoms with Crippen LogP contribution in [-0.4, -0.2) is 73.5 Å². The fourth-order valence-electron chi connectivity index (χ4n) is 5.89. The van der Waals surface area contributed by atoms with Crippen LogP contribution in [0.1, 0.15) is 46.5 Å². The maximum absolute atomic E-state index is 10.2. The number of aliphatic hydroxyl groups excluding tert-OH is 3. The van der Waals surface area contributed by atoms with E-state index in [1.807, 2.05) is 12.1 Å². The van der Waals surface area contributed by atoms with Gasteiger partial charge in [-0.3, -0.25) is 0 Å². The van der Waals surface area contributed by atoms with Crippen LogP contribution in [0, 0.1) is 0 Å². The van der Waals surface area contributed by atoms with E-state index in [0.29, 0.717) is 19.4 Å². The van der Waals surface area contributed by atoms with E-state index in [1.165, 1.54) is 10.4 Å². The van der Waals surface area contributed by atoms with Crippen molar-refractivity contribution in [2.45, 2.75) is 81.5 Å². The smallest absolute Gasteiger partial charge is 0.261 e. The van der Waals surface area contributed by atoms with Gasteiger partial charge in [-0.15, -0.1) is 0 Å². The first-order valence-corrected chi connectivity index (χ1v) is 14.6. The van der Waals surface area contributed by atoms with Gasteiger partial charge in [-0.25, -0.2) is 0 Å². The topological polar surface area (TPSA) is 88.4 Å². The van der Waals surface area contributed by atoms with E-state index in [4.69, 9.17) is 13.9 Å². The first-order chi connectivity index (χ1) is 16.8. The molecule has 192 valence electrons. The average molecular weight is 501 g/mol. The van der Waals surface area contributed by atoms with Gasteiger partial charge in [0.25, 0.3) is 8.32 Å². The van der Waals surface area contributed by atoms with Crippen molar-refractivity contribution >= 4 is 18.7 Å². The van der Waals surface area contributed by atoms with Crippen LogP contribution in [0.3, 0.4) is 0 Å². The van der Waals surface area contributed by atoms with Gasteiger partial charge in [0.15, 0.2) is 0 Å². The van der Waals surface area contributed by atoms with Gasteiger partial charge in [-0.2, -0.15) is 0 Å². The standard InChI is InChI=1S/C28H40O6Si/c1-27(2,3)35(22-10-6-4-7-11-22,23-12-8-5-9-13-23)32-17-16-21-14-15-26-28(20-30,34-21)18-25(33-26)24(31)19-29/h4-13,21,24-26,29-31H,14-20H2,1-3H3/t21-,24-,25-,26+,28-/m1/s1. The molecule has 6 nitrogen and oxygen atoms in total. The quantitative estimate of drug-likeness (QED) is 0.458. The van der Waals surface area contributed by atoms with Crippen molar-refractivity contribution in [1.29, 1.82) is 0 Å². The highest BCUT2D eigenvalue weighted by molar-refractivity contribution is 6.99. The number of hydrogen-bond donors (Lipinski definition) is 3. The van der Waals surface area contributed by atoms with Gasteiger partial charge in [-0.1, -0.05) is 81.4 Å². The molecule has 5 atom stereocenters. The molecular formula is C28H40O6Si. The third-order valence-corrected chi connectivity index (χ3v) is 12.7. The van der Waals surface area contributed by atoms with Crippen molar-refractivity contribution in [2.24, 2.45) is 0 Å². The van der Waals surface area contributed by atoms with E-state index in [9.17, 15) is 15.3 Å². The molecule has 0 saturated carbocycles. The summed E-state index contributed by atoms with van der Waals surface area (Å²) in [5, 5.41) is 32.1. The fourth-order valence-corrected chi connectivity index (χ4v) is 10.5. The number of aliphatic hydroxyl groups is 3. The first kappa shape index (κ1) is 26.5. The number of benzene rings is 2. The minimum Gasteiger partial charge on any atom is -0.407 e. The summed E-state index contributed by atoms with van der Waals surface area (Å²) in [5.41, 5.74) is -0.832. The van der Waals surface area contributed by atoms with Gasteiger partial charge in [-0.05, 0) is 34.7 Å². The van der Waals surface area contributed by atoms with Crippen molar-refractivity contribution in [1.82, 2.24) is 0 Å². The molecule has 0 aromatic heterocycles. The zero-order chi connectivity index (χ0) is 25.1. The predicted octanol–water partition coefficient (Wildman–Crippen LogP) is 2.37. The van der Waals surface area contributed by atoms with E-state index in [1.54, 1.807) is 0 Å². The molecule has 2 aliphatic heterocycles. The molecule has 2 fully saturated rings. The number of ether oxygens (including phenoxy) is 2. The van der Waals surface area contributed by atoms with Crippen molar-refractivity contribution in [3.05, 3.63) is 60.7 Å². The van der Waals surface area contributed by atoms with Gasteiger partial charge in [0.05, 0.1) is 31.5 Å². The zero-order valence-corrected chi connectivity index (χ0v) is 22.1. The van der Waals surface area contributed by atoms with Crippen molar-refractivity contribution in [3.8, 4) is 0 Å². The summed E-state index contributed by atoms with van der Waals surface area (Å²) >= 11 is 0. The molecule has 0 amide bonds. The molecule has 35 heavy (non-hydrogen) atoms. The lowest BCUT2D eigenvalue weighted by Crippen LogP contribution is -2.66. The molecular weight excluding hydrogens is 460 g/mol. The van der Waals surface area contributed by atoms with Gasteiger partial charge in [0.1, 0.15) is 11.7 Å². The van der Waals surface area contributed by atoms with Crippen LogP contribution in [0.25, 0.3) is 0 Å². The van der Waals surface area contributed by atoms with E-state index in [2.05, 4.69) is 69.3 Å². The summed E-state index contributed by atoms with van der Waals surface area (Å²) in [7, 11) is -2.61. The van der Waals surface area contributed by atoms with E-state index >= 15 is 0 Å². The normalized spacial score (nSPS) is 28.0. The summed E-state index contributed by atoms with van der Waals surface area (Å²) < 4.78 is 19.4. The van der Waals surface area contributed by atoms with Crippen LogP contribution in [0.4, 0.5) is 0 Å². The van der Waals surface area contributed by atoms with Crippen LogP contribution in [0.15, 0.2) is 60.7 Å². The van der Waals surface area contributed by atoms with E-state index in [0.717, 1.165) is 12.8 Å². The lowest BCUT2D eigenvalue weighted by molar-refractivity contribution is -0.186. The lowest BCUT2D eigenvalue weighted by Gasteiger charge is -2.44. The Bertz CT molecular complexity index is 894. The van der Waals surface area contributed by atoms with Crippen LogP contribution in [0.5, 0.6) is 0 Å². The summed E-state index contributed by atoms with van der Waals surface area (Å²) in [6, 6.07) is 21.2. The molecule has 0 radical (unpaired) electrons. The van der Waals surface area contributed by atoms with Gasteiger partial charge in [0.2, 0.25) is 0 Å². The highest BCUT2D eigenvalue weighted by atomic mass is 28.4. The molecule has 2 aliphatic rings. The molecule has 0 spiro atoms. The molecule has 0 bridgehead atoms. The van der Waals surface area contributed by atoms with Crippen LogP contribution in [0.2, 0.25) is 5.04 Å². The average Bonchev–Trinajstić information content (AvgIpc) is 3.26. The highest BCUT2D eigenvalue weighted by Gasteiger charge is 2.54. The van der Waals surface area contributed by atoms with Crippen LogP contribution in [-0.2, 0) is 13.9 Å². The molecule has 3 N–H and O–H groups in total. The Morgan fingerprint density at radius 3 is 2.11 bits per heavy atom. The highest BCUT2D eigenvalue weighted by Crippen LogP contribution is 2.43. The fraction of sp³-hybridized carbons (Fsp3) is 0.571. The number of fused-ring (bicyclic) bond motifs is 1. The van der Waals surface area contributed by atoms with Crippen molar-refractivity contribution < 1.29 is 29.2 Å². The predicted molar refractivity (Wildman–Crippen MR) is 138 cm³/mol. The Labute approximate surface area is 210 Å². The third kappa shape index (κ3) is 5.14. The Balaban J connectivity index is 1.52. The maximum atomic E-state index is 10.2. The molecule has 2 aromatic rings. The summed E-state index contributed by atoms with van der Waals surface area (Å²) in [6.07, 6.45) is 0.817. The third-order valence-electron chi connectivity index (χ3n) is 7.68. The second kappa shape index (κ2) is 10.8. The van der Waals surface area contributed by atoms with Gasteiger partial charge in [0, 0.05) is 13.0 Å². The van der Waals surface area contributed by atoms with Crippen LogP contribution < -0.4 is 10.4 Å². The Morgan fingerprint density at radius 2 is 1.60 bits per heavy atom. The largest absolute Gasteiger partial charge is 0.407 e. The second-order valence-corrected chi connectivity index (χ2v) is 15.3. The minimum atomic E-state index is -2.61. The summed E-state index contributed by atoms with van der Waals surface area (Å²) in [6.45, 7) is 6.82. The van der Waals surface area contributed by atoms with E-state index in [-0.39, 0.29) is 30.5 Å². The maximum Gasteiger partial charge on any atom is 0.261 e. The van der Waals surface area contributed by atoms with Crippen molar-refractivity contribution in [2.75, 3.05) is 19.8 Å². The first-order valence-electron chi connectivity index (χ1n) is 12.7. The van der Waals surface area contributed by atoms with Gasteiger partial charge >= 0.3 is 0 Å². The Morgan fingerprint density at radius 1 is 1.00 bits per heavy atom. The number of rotatable bonds is 9. The molecule has 0 unspecified atom stereocenters. The molecule has 2 saturated heterocycles. The second-order valence-electron chi connectivity index (χ2n) is 11.0. The Hall–Kier alpha value is -1.58. The van der Waals surface area contributed by atoms with Gasteiger partial charge < -0.3 is 29.2 Å². The monoisotopic (exact) mass is 500 g/mol.